The van der Waals surface area contributed by atoms with Gasteiger partial charge in [0.15, 0.2) is 0 Å². The van der Waals surface area contributed by atoms with Crippen molar-refractivity contribution >= 4 is 17.7 Å². The smallest absolute Gasteiger partial charge is 0.304 e. The molecule has 3 rings (SSSR count). The van der Waals surface area contributed by atoms with Crippen LogP contribution in [0, 0.1) is 11.3 Å². The van der Waals surface area contributed by atoms with Crippen LogP contribution in [-0.2, 0) is 33.6 Å². The van der Waals surface area contributed by atoms with Gasteiger partial charge in [-0.25, -0.2) is 0 Å². The van der Waals surface area contributed by atoms with Gasteiger partial charge in [-0.3, -0.25) is 14.4 Å². The molecule has 0 aliphatic heterocycles. The van der Waals surface area contributed by atoms with E-state index in [1.165, 1.54) is 12.1 Å². The summed E-state index contributed by atoms with van der Waals surface area (Å²) in [6.45, 7) is 0. The normalized spacial score (nSPS) is 15.6. The average Bonchev–Trinajstić information content (AvgIpc) is 3.01. The molecule has 1 aliphatic carbocycles. The van der Waals surface area contributed by atoms with Crippen molar-refractivity contribution in [1.82, 2.24) is 0 Å². The molecule has 1 amide bonds. The molecule has 0 radical (unpaired) electrons. The Bertz CT molecular complexity index is 878. The Hall–Kier alpha value is -3.15. The zero-order valence-corrected chi connectivity index (χ0v) is 15.4. The van der Waals surface area contributed by atoms with E-state index in [-0.39, 0.29) is 30.8 Å². The number of carbonyl (C=O) groups is 3. The van der Waals surface area contributed by atoms with Crippen LogP contribution in [0.4, 0.5) is 0 Å². The van der Waals surface area contributed by atoms with Gasteiger partial charge in [-0.05, 0) is 48.1 Å². The molecular formula is C22H23NO5. The molecule has 0 aromatic heterocycles. The molecule has 4 N–H and O–H groups in total. The first kappa shape index (κ1) is 19.6. The molecule has 2 aromatic rings. The van der Waals surface area contributed by atoms with Crippen molar-refractivity contribution < 1.29 is 24.6 Å². The van der Waals surface area contributed by atoms with Gasteiger partial charge < -0.3 is 15.9 Å². The van der Waals surface area contributed by atoms with Gasteiger partial charge in [0, 0.05) is 17.8 Å². The molecule has 146 valence electrons. The zero-order chi connectivity index (χ0) is 20.3. The molecule has 1 atom stereocenters. The highest BCUT2D eigenvalue weighted by Crippen LogP contribution is 2.42. The van der Waals surface area contributed by atoms with E-state index >= 15 is 0 Å². The molecule has 2 aromatic carbocycles. The molecule has 6 heteroatoms. The lowest BCUT2D eigenvalue weighted by Crippen LogP contribution is -2.38. The van der Waals surface area contributed by atoms with Crippen molar-refractivity contribution in [1.29, 1.82) is 0 Å². The first-order valence-corrected chi connectivity index (χ1v) is 9.18. The third kappa shape index (κ3) is 4.22. The quantitative estimate of drug-likeness (QED) is 0.648. The van der Waals surface area contributed by atoms with Crippen molar-refractivity contribution in [2.45, 2.75) is 32.1 Å². The number of phenolic OH excluding ortho intramolecular Hbond substituents is 1. The molecule has 0 unspecified atom stereocenters. The van der Waals surface area contributed by atoms with Crippen LogP contribution in [0.15, 0.2) is 48.5 Å². The minimum atomic E-state index is -1.04. The molecular weight excluding hydrogens is 358 g/mol. The number of Topliss-reactive ketones (excluding diaryl/α,β-unsaturated/α-hetero) is 1. The predicted octanol–water partition coefficient (Wildman–Crippen LogP) is 2.26. The third-order valence-electron chi connectivity index (χ3n) is 5.51. The SMILES string of the molecule is NC(=O)[C@@H](CC(=O)C1(CC(=O)O)Cc2ccccc2C1)Cc1ccc(O)cc1. The predicted molar refractivity (Wildman–Crippen MR) is 103 cm³/mol. The van der Waals surface area contributed by atoms with Gasteiger partial charge >= 0.3 is 5.97 Å². The van der Waals surface area contributed by atoms with Crippen molar-refractivity contribution in [2.75, 3.05) is 0 Å². The number of amides is 1. The fraction of sp³-hybridized carbons (Fsp3) is 0.318. The summed E-state index contributed by atoms with van der Waals surface area (Å²) in [5.74, 6) is -2.49. The Morgan fingerprint density at radius 3 is 2.07 bits per heavy atom. The van der Waals surface area contributed by atoms with E-state index in [4.69, 9.17) is 5.73 Å². The van der Waals surface area contributed by atoms with Gasteiger partial charge in [0.1, 0.15) is 11.5 Å². The van der Waals surface area contributed by atoms with Gasteiger partial charge in [0.25, 0.3) is 0 Å². The second kappa shape index (κ2) is 7.84. The molecule has 0 fully saturated rings. The van der Waals surface area contributed by atoms with Crippen molar-refractivity contribution in [3.8, 4) is 5.75 Å². The molecule has 0 saturated heterocycles. The summed E-state index contributed by atoms with van der Waals surface area (Å²) in [7, 11) is 0. The summed E-state index contributed by atoms with van der Waals surface area (Å²) in [6, 6.07) is 13.9. The molecule has 0 spiro atoms. The first-order valence-electron chi connectivity index (χ1n) is 9.18. The highest BCUT2D eigenvalue weighted by atomic mass is 16.4. The van der Waals surface area contributed by atoms with Crippen molar-refractivity contribution in [2.24, 2.45) is 17.1 Å². The molecule has 0 heterocycles. The van der Waals surface area contributed by atoms with Crippen LogP contribution in [0.25, 0.3) is 0 Å². The number of nitrogens with two attached hydrogens (primary N) is 1. The number of aromatic hydroxyl groups is 1. The maximum atomic E-state index is 13.2. The molecule has 28 heavy (non-hydrogen) atoms. The lowest BCUT2D eigenvalue weighted by atomic mass is 9.74. The number of phenols is 1. The number of benzene rings is 2. The Morgan fingerprint density at radius 1 is 1.00 bits per heavy atom. The Kier molecular flexibility index (Phi) is 5.49. The second-order valence-electron chi connectivity index (χ2n) is 7.57. The minimum absolute atomic E-state index is 0.0997. The molecule has 0 saturated carbocycles. The fourth-order valence-electron chi connectivity index (χ4n) is 4.03. The highest BCUT2D eigenvalue weighted by Gasteiger charge is 2.45. The largest absolute Gasteiger partial charge is 0.508 e. The first-order chi connectivity index (χ1) is 13.3. The zero-order valence-electron chi connectivity index (χ0n) is 15.4. The van der Waals surface area contributed by atoms with Crippen LogP contribution in [-0.4, -0.2) is 27.9 Å². The summed E-state index contributed by atoms with van der Waals surface area (Å²) in [6.07, 6.45) is 0.609. The van der Waals surface area contributed by atoms with Crippen molar-refractivity contribution in [3.63, 3.8) is 0 Å². The van der Waals surface area contributed by atoms with E-state index in [0.717, 1.165) is 16.7 Å². The van der Waals surface area contributed by atoms with Gasteiger partial charge in [0.05, 0.1) is 6.42 Å². The van der Waals surface area contributed by atoms with E-state index in [2.05, 4.69) is 0 Å². The summed E-state index contributed by atoms with van der Waals surface area (Å²) >= 11 is 0. The van der Waals surface area contributed by atoms with Gasteiger partial charge in [-0.2, -0.15) is 0 Å². The van der Waals surface area contributed by atoms with Crippen molar-refractivity contribution in [3.05, 3.63) is 65.2 Å². The maximum absolute atomic E-state index is 13.2. The molecule has 0 bridgehead atoms. The number of carboxylic acid groups (broad SMARTS) is 1. The van der Waals surface area contributed by atoms with Crippen LogP contribution in [0.5, 0.6) is 5.75 Å². The second-order valence-corrected chi connectivity index (χ2v) is 7.57. The number of primary amides is 1. The summed E-state index contributed by atoms with van der Waals surface area (Å²) in [4.78, 5) is 36.7. The molecule has 6 nitrogen and oxygen atoms in total. The Balaban J connectivity index is 1.81. The van der Waals surface area contributed by atoms with E-state index in [1.807, 2.05) is 24.3 Å². The average molecular weight is 381 g/mol. The number of carboxylic acids is 1. The number of ketones is 1. The Labute approximate surface area is 163 Å². The molecule has 1 aliphatic rings. The third-order valence-corrected chi connectivity index (χ3v) is 5.51. The number of carbonyl (C=O) groups excluding carboxylic acids is 2. The van der Waals surface area contributed by atoms with Gasteiger partial charge in [-0.15, -0.1) is 0 Å². The number of fused-ring (bicyclic) bond motifs is 1. The summed E-state index contributed by atoms with van der Waals surface area (Å²) in [5.41, 5.74) is 7.22. The van der Waals surface area contributed by atoms with Crippen LogP contribution in [0.2, 0.25) is 0 Å². The van der Waals surface area contributed by atoms with E-state index < -0.39 is 23.2 Å². The lowest BCUT2D eigenvalue weighted by molar-refractivity contribution is -0.145. The van der Waals surface area contributed by atoms with Crippen LogP contribution in [0.3, 0.4) is 0 Å². The van der Waals surface area contributed by atoms with Crippen LogP contribution in [0.1, 0.15) is 29.5 Å². The minimum Gasteiger partial charge on any atom is -0.508 e. The van der Waals surface area contributed by atoms with E-state index in [0.29, 0.717) is 12.8 Å². The Morgan fingerprint density at radius 2 is 1.57 bits per heavy atom. The monoisotopic (exact) mass is 381 g/mol. The number of hydrogen-bond donors (Lipinski definition) is 3. The number of hydrogen-bond acceptors (Lipinski definition) is 4. The fourth-order valence-corrected chi connectivity index (χ4v) is 4.03. The van der Waals surface area contributed by atoms with Crippen LogP contribution >= 0.6 is 0 Å². The number of aliphatic carboxylic acids is 1. The maximum Gasteiger partial charge on any atom is 0.304 e. The lowest BCUT2D eigenvalue weighted by Gasteiger charge is -2.27. The van der Waals surface area contributed by atoms with Gasteiger partial charge in [0.2, 0.25) is 5.91 Å². The standard InChI is InChI=1S/C22H23NO5/c23-21(28)17(9-14-5-7-18(24)8-6-14)10-19(25)22(13-20(26)27)11-15-3-1-2-4-16(15)12-22/h1-8,17,24H,9-13H2,(H2,23,28)(H,26,27)/t17-/m1/s1. The highest BCUT2D eigenvalue weighted by molar-refractivity contribution is 5.93. The van der Waals surface area contributed by atoms with E-state index in [1.54, 1.807) is 12.1 Å². The number of rotatable bonds is 8. The van der Waals surface area contributed by atoms with Gasteiger partial charge in [-0.1, -0.05) is 36.4 Å². The topological polar surface area (TPSA) is 118 Å². The van der Waals surface area contributed by atoms with Crippen LogP contribution < -0.4 is 5.73 Å². The summed E-state index contributed by atoms with van der Waals surface area (Å²) < 4.78 is 0. The van der Waals surface area contributed by atoms with E-state index in [9.17, 15) is 24.6 Å². The summed E-state index contributed by atoms with van der Waals surface area (Å²) in [5, 5.41) is 18.8.